The number of benzene rings is 5. The van der Waals surface area contributed by atoms with Crippen LogP contribution < -0.4 is 10.1 Å². The summed E-state index contributed by atoms with van der Waals surface area (Å²) in [5, 5.41) is 6.64. The molecule has 0 aliphatic rings. The summed E-state index contributed by atoms with van der Waals surface area (Å²) in [6, 6.07) is 39.7. The van der Waals surface area contributed by atoms with Gasteiger partial charge in [0.05, 0.1) is 0 Å². The first-order valence-electron chi connectivity index (χ1n) is 13.3. The Hall–Kier alpha value is -4.74. The van der Waals surface area contributed by atoms with Crippen molar-refractivity contribution in [3.63, 3.8) is 0 Å². The van der Waals surface area contributed by atoms with Crippen LogP contribution >= 0.6 is 11.3 Å². The molecule has 0 saturated carbocycles. The lowest BCUT2D eigenvalue weighted by Crippen LogP contribution is -2.12. The first-order chi connectivity index (χ1) is 19.5. The highest BCUT2D eigenvalue weighted by Crippen LogP contribution is 2.39. The molecule has 0 fully saturated rings. The van der Waals surface area contributed by atoms with Gasteiger partial charge in [0.25, 0.3) is 5.91 Å². The van der Waals surface area contributed by atoms with Crippen LogP contribution in [0.3, 0.4) is 0 Å². The molecule has 40 heavy (non-hydrogen) atoms. The van der Waals surface area contributed by atoms with Gasteiger partial charge in [-0.05, 0) is 64.7 Å². The highest BCUT2D eigenvalue weighted by atomic mass is 32.1. The van der Waals surface area contributed by atoms with Crippen LogP contribution in [0.4, 0.5) is 5.00 Å². The highest BCUT2D eigenvalue weighted by molar-refractivity contribution is 7.19. The van der Waals surface area contributed by atoms with E-state index < -0.39 is 0 Å². The normalized spacial score (nSPS) is 11.1. The lowest BCUT2D eigenvalue weighted by molar-refractivity contribution is 0.102. The molecule has 5 aromatic carbocycles. The smallest absolute Gasteiger partial charge is 0.256 e. The van der Waals surface area contributed by atoms with Crippen LogP contribution in [0, 0.1) is 0 Å². The number of anilines is 1. The molecule has 0 saturated heterocycles. The second kappa shape index (κ2) is 11.2. The zero-order valence-electron chi connectivity index (χ0n) is 22.3. The minimum Gasteiger partial charge on any atom is -0.457 e. The predicted octanol–water partition coefficient (Wildman–Crippen LogP) is 9.80. The topological polar surface area (TPSA) is 51.2 Å². The Morgan fingerprint density at radius 2 is 1.38 bits per heavy atom. The average Bonchev–Trinajstić information content (AvgIpc) is 3.41. The predicted molar refractivity (Wildman–Crippen MR) is 165 cm³/mol. The number of carbonyl (C=O) groups excluding carboxylic acids is 1. The summed E-state index contributed by atoms with van der Waals surface area (Å²) < 4.78 is 6.06. The third-order valence-corrected chi connectivity index (χ3v) is 7.84. The number of thiazole rings is 1. The zero-order chi connectivity index (χ0) is 27.5. The highest BCUT2D eigenvalue weighted by Gasteiger charge is 2.18. The summed E-state index contributed by atoms with van der Waals surface area (Å²) in [6.45, 7) is 4.35. The van der Waals surface area contributed by atoms with Crippen molar-refractivity contribution in [2.45, 2.75) is 19.8 Å². The Morgan fingerprint density at radius 1 is 0.725 bits per heavy atom. The molecule has 0 aliphatic heterocycles. The monoisotopic (exact) mass is 540 g/mol. The van der Waals surface area contributed by atoms with Gasteiger partial charge in [-0.2, -0.15) is 0 Å². The first-order valence-corrected chi connectivity index (χ1v) is 14.1. The van der Waals surface area contributed by atoms with Crippen LogP contribution in [0.1, 0.15) is 35.7 Å². The van der Waals surface area contributed by atoms with E-state index in [4.69, 9.17) is 9.72 Å². The molecular weight excluding hydrogens is 512 g/mol. The van der Waals surface area contributed by atoms with Crippen LogP contribution in [0.5, 0.6) is 11.5 Å². The number of amides is 1. The van der Waals surface area contributed by atoms with Crippen molar-refractivity contribution in [2.75, 3.05) is 5.32 Å². The molecule has 6 rings (SSSR count). The van der Waals surface area contributed by atoms with E-state index in [1.807, 2.05) is 109 Å². The number of rotatable bonds is 7. The first kappa shape index (κ1) is 25.5. The van der Waals surface area contributed by atoms with E-state index in [9.17, 15) is 4.79 Å². The Morgan fingerprint density at radius 3 is 2.10 bits per heavy atom. The number of aromatic nitrogens is 1. The van der Waals surface area contributed by atoms with Crippen molar-refractivity contribution in [2.24, 2.45) is 0 Å². The molecule has 1 aromatic heterocycles. The van der Waals surface area contributed by atoms with E-state index in [-0.39, 0.29) is 5.91 Å². The summed E-state index contributed by atoms with van der Waals surface area (Å²) in [7, 11) is 0. The standard InChI is InChI=1S/C35H28N2O2S/c1-23(2)24-15-19-28(20-16-24)39-29-21-17-27(18-22-29)34-36-32(26-10-4-3-5-11-26)35(40-34)37-33(38)31-14-8-12-25-9-6-7-13-30(25)31/h3-23H,1-2H3,(H,37,38). The summed E-state index contributed by atoms with van der Waals surface area (Å²) >= 11 is 1.47. The van der Waals surface area contributed by atoms with Gasteiger partial charge in [-0.15, -0.1) is 0 Å². The maximum absolute atomic E-state index is 13.5. The average molecular weight is 541 g/mol. The number of hydrogen-bond donors (Lipinski definition) is 1. The van der Waals surface area contributed by atoms with Crippen molar-refractivity contribution >= 4 is 33.0 Å². The summed E-state index contributed by atoms with van der Waals surface area (Å²) in [4.78, 5) is 18.4. The van der Waals surface area contributed by atoms with Gasteiger partial charge >= 0.3 is 0 Å². The van der Waals surface area contributed by atoms with Gasteiger partial charge < -0.3 is 10.1 Å². The van der Waals surface area contributed by atoms with Crippen molar-refractivity contribution < 1.29 is 9.53 Å². The van der Waals surface area contributed by atoms with Crippen LogP contribution in [0.15, 0.2) is 121 Å². The number of carbonyl (C=O) groups is 1. The summed E-state index contributed by atoms with van der Waals surface area (Å²) in [5.74, 6) is 1.88. The third-order valence-electron chi connectivity index (χ3n) is 6.82. The van der Waals surface area contributed by atoms with Crippen molar-refractivity contribution in [1.82, 2.24) is 4.98 Å². The number of fused-ring (bicyclic) bond motifs is 1. The molecule has 0 radical (unpaired) electrons. The van der Waals surface area contributed by atoms with E-state index >= 15 is 0 Å². The van der Waals surface area contributed by atoms with Gasteiger partial charge in [-0.3, -0.25) is 4.79 Å². The van der Waals surface area contributed by atoms with E-state index in [2.05, 4.69) is 31.3 Å². The molecule has 1 N–H and O–H groups in total. The fourth-order valence-corrected chi connectivity index (χ4v) is 5.62. The van der Waals surface area contributed by atoms with E-state index in [1.54, 1.807) is 0 Å². The number of hydrogen-bond acceptors (Lipinski definition) is 4. The summed E-state index contributed by atoms with van der Waals surface area (Å²) in [6.07, 6.45) is 0. The second-order valence-electron chi connectivity index (χ2n) is 9.89. The zero-order valence-corrected chi connectivity index (χ0v) is 23.1. The molecule has 1 amide bonds. The van der Waals surface area contributed by atoms with Crippen molar-refractivity contribution in [1.29, 1.82) is 0 Å². The Kier molecular flexibility index (Phi) is 7.13. The maximum Gasteiger partial charge on any atom is 0.256 e. The molecule has 1 heterocycles. The number of nitrogens with one attached hydrogen (secondary N) is 1. The van der Waals surface area contributed by atoms with E-state index in [0.717, 1.165) is 44.1 Å². The van der Waals surface area contributed by atoms with Gasteiger partial charge in [0.15, 0.2) is 0 Å². The molecule has 5 heteroatoms. The van der Waals surface area contributed by atoms with Crippen LogP contribution in [-0.2, 0) is 0 Å². The van der Waals surface area contributed by atoms with Crippen LogP contribution in [0.25, 0.3) is 32.6 Å². The minimum absolute atomic E-state index is 0.156. The summed E-state index contributed by atoms with van der Waals surface area (Å²) in [5.41, 5.74) is 4.57. The lowest BCUT2D eigenvalue weighted by atomic mass is 10.0. The van der Waals surface area contributed by atoms with Gasteiger partial charge in [0.1, 0.15) is 27.2 Å². The van der Waals surface area contributed by atoms with E-state index in [1.165, 1.54) is 16.9 Å². The van der Waals surface area contributed by atoms with Gasteiger partial charge in [-0.1, -0.05) is 104 Å². The van der Waals surface area contributed by atoms with Gasteiger partial charge in [0, 0.05) is 16.7 Å². The fraction of sp³-hybridized carbons (Fsp3) is 0.0857. The van der Waals surface area contributed by atoms with Crippen LogP contribution in [0.2, 0.25) is 0 Å². The fourth-order valence-electron chi connectivity index (χ4n) is 4.64. The van der Waals surface area contributed by atoms with Gasteiger partial charge in [0.2, 0.25) is 0 Å². The Balaban J connectivity index is 1.29. The lowest BCUT2D eigenvalue weighted by Gasteiger charge is -2.09. The Labute approximate surface area is 237 Å². The molecule has 0 atom stereocenters. The molecule has 4 nitrogen and oxygen atoms in total. The molecule has 196 valence electrons. The molecule has 0 spiro atoms. The van der Waals surface area contributed by atoms with Crippen molar-refractivity contribution in [3.8, 4) is 33.3 Å². The van der Waals surface area contributed by atoms with Crippen molar-refractivity contribution in [3.05, 3.63) is 132 Å². The number of ether oxygens (including phenoxy) is 1. The molecule has 0 aliphatic carbocycles. The van der Waals surface area contributed by atoms with Crippen LogP contribution in [-0.4, -0.2) is 10.9 Å². The molecule has 6 aromatic rings. The quantitative estimate of drug-likeness (QED) is 0.219. The largest absolute Gasteiger partial charge is 0.457 e. The van der Waals surface area contributed by atoms with E-state index in [0.29, 0.717) is 16.5 Å². The molecule has 0 unspecified atom stereocenters. The SMILES string of the molecule is CC(C)c1ccc(Oc2ccc(-c3nc(-c4ccccc4)c(NC(=O)c4cccc5ccccc45)s3)cc2)cc1. The van der Waals surface area contributed by atoms with Gasteiger partial charge in [-0.25, -0.2) is 4.98 Å². The Bertz CT molecular complexity index is 1770. The minimum atomic E-state index is -0.156. The molecule has 0 bridgehead atoms. The maximum atomic E-state index is 13.5. The second-order valence-corrected chi connectivity index (χ2v) is 10.9. The molecular formula is C35H28N2O2S. The third kappa shape index (κ3) is 5.37. The number of nitrogens with zero attached hydrogens (tertiary/aromatic N) is 1.